The standard InChI is InChI=1S/C16H25N3O3S/c1-3-9-18(10-4-2)23(21,22)19-12-14-8-6-5-7-13(14)11-15(19)16(17)20/h5-8,15H,3-4,9-12H2,1-2H3,(H2,17,20)/t15-/m0/s1. The summed E-state index contributed by atoms with van der Waals surface area (Å²) in [7, 11) is -3.72. The summed E-state index contributed by atoms with van der Waals surface area (Å²) in [6.45, 7) is 4.96. The zero-order chi connectivity index (χ0) is 17.0. The summed E-state index contributed by atoms with van der Waals surface area (Å²) in [6, 6.07) is 6.77. The van der Waals surface area contributed by atoms with Crippen LogP contribution in [0.2, 0.25) is 0 Å². The predicted octanol–water partition coefficient (Wildman–Crippen LogP) is 1.27. The molecule has 0 radical (unpaired) electrons. The van der Waals surface area contributed by atoms with Gasteiger partial charge >= 0.3 is 0 Å². The number of amides is 1. The van der Waals surface area contributed by atoms with Crippen LogP contribution in [0.25, 0.3) is 0 Å². The van der Waals surface area contributed by atoms with Gasteiger partial charge in [0.25, 0.3) is 10.2 Å². The molecule has 0 saturated heterocycles. The van der Waals surface area contributed by atoms with Crippen LogP contribution < -0.4 is 5.73 Å². The van der Waals surface area contributed by atoms with Gasteiger partial charge in [-0.25, -0.2) is 0 Å². The lowest BCUT2D eigenvalue weighted by Gasteiger charge is -2.37. The van der Waals surface area contributed by atoms with Gasteiger partial charge in [0.05, 0.1) is 0 Å². The van der Waals surface area contributed by atoms with Gasteiger partial charge in [0.15, 0.2) is 0 Å². The van der Waals surface area contributed by atoms with Crippen LogP contribution in [-0.4, -0.2) is 42.1 Å². The zero-order valence-electron chi connectivity index (χ0n) is 13.7. The highest BCUT2D eigenvalue weighted by molar-refractivity contribution is 7.86. The fourth-order valence-electron chi connectivity index (χ4n) is 2.97. The molecule has 2 N–H and O–H groups in total. The maximum absolute atomic E-state index is 13.0. The molecule has 0 unspecified atom stereocenters. The minimum absolute atomic E-state index is 0.191. The van der Waals surface area contributed by atoms with E-state index >= 15 is 0 Å². The van der Waals surface area contributed by atoms with Crippen molar-refractivity contribution in [1.82, 2.24) is 8.61 Å². The van der Waals surface area contributed by atoms with E-state index < -0.39 is 22.2 Å². The Hall–Kier alpha value is -1.44. The van der Waals surface area contributed by atoms with Crippen LogP contribution in [0, 0.1) is 0 Å². The van der Waals surface area contributed by atoms with Crippen LogP contribution in [0.1, 0.15) is 37.8 Å². The van der Waals surface area contributed by atoms with Crippen LogP contribution in [-0.2, 0) is 28.0 Å². The number of hydrogen-bond donors (Lipinski definition) is 1. The number of rotatable bonds is 7. The molecule has 2 rings (SSSR count). The highest BCUT2D eigenvalue weighted by Crippen LogP contribution is 2.27. The molecule has 1 aromatic rings. The fraction of sp³-hybridized carbons (Fsp3) is 0.562. The summed E-state index contributed by atoms with van der Waals surface area (Å²) in [4.78, 5) is 11.9. The molecule has 0 aromatic heterocycles. The second-order valence-electron chi connectivity index (χ2n) is 5.84. The Kier molecular flexibility index (Phi) is 5.78. The highest BCUT2D eigenvalue weighted by Gasteiger charge is 2.40. The van der Waals surface area contributed by atoms with E-state index in [9.17, 15) is 13.2 Å². The van der Waals surface area contributed by atoms with Crippen molar-refractivity contribution in [2.45, 2.75) is 45.7 Å². The lowest BCUT2D eigenvalue weighted by molar-refractivity contribution is -0.122. The number of benzene rings is 1. The number of carbonyl (C=O) groups is 1. The molecule has 0 spiro atoms. The summed E-state index contributed by atoms with van der Waals surface area (Å²) in [6.07, 6.45) is 1.78. The summed E-state index contributed by atoms with van der Waals surface area (Å²) in [5.41, 5.74) is 7.41. The molecule has 1 heterocycles. The minimum atomic E-state index is -3.72. The van der Waals surface area contributed by atoms with Gasteiger partial charge in [0, 0.05) is 19.6 Å². The topological polar surface area (TPSA) is 83.7 Å². The van der Waals surface area contributed by atoms with Crippen molar-refractivity contribution >= 4 is 16.1 Å². The largest absolute Gasteiger partial charge is 0.368 e. The monoisotopic (exact) mass is 339 g/mol. The van der Waals surface area contributed by atoms with Crippen molar-refractivity contribution in [3.05, 3.63) is 35.4 Å². The highest BCUT2D eigenvalue weighted by atomic mass is 32.2. The quantitative estimate of drug-likeness (QED) is 0.812. The third-order valence-electron chi connectivity index (χ3n) is 4.10. The number of nitrogens with zero attached hydrogens (tertiary/aromatic N) is 2. The SMILES string of the molecule is CCCN(CCC)S(=O)(=O)N1Cc2ccccc2C[C@H]1C(N)=O. The first-order chi connectivity index (χ1) is 10.9. The Labute approximate surface area is 138 Å². The first-order valence-corrected chi connectivity index (χ1v) is 9.44. The lowest BCUT2D eigenvalue weighted by atomic mass is 9.96. The van der Waals surface area contributed by atoms with Crippen LogP contribution in [0.4, 0.5) is 0 Å². The summed E-state index contributed by atoms with van der Waals surface area (Å²) in [5.74, 6) is -0.601. The lowest BCUT2D eigenvalue weighted by Crippen LogP contribution is -2.55. The van der Waals surface area contributed by atoms with Crippen LogP contribution in [0.3, 0.4) is 0 Å². The molecule has 128 valence electrons. The molecule has 1 amide bonds. The van der Waals surface area contributed by atoms with Gasteiger partial charge in [0.2, 0.25) is 5.91 Å². The van der Waals surface area contributed by atoms with E-state index in [2.05, 4.69) is 0 Å². The molecule has 0 bridgehead atoms. The van der Waals surface area contributed by atoms with E-state index in [1.165, 1.54) is 8.61 Å². The summed E-state index contributed by atoms with van der Waals surface area (Å²) >= 11 is 0. The van der Waals surface area contributed by atoms with Crippen molar-refractivity contribution in [2.75, 3.05) is 13.1 Å². The van der Waals surface area contributed by atoms with Gasteiger partial charge in [0.1, 0.15) is 6.04 Å². The Morgan fingerprint density at radius 2 is 1.78 bits per heavy atom. The zero-order valence-corrected chi connectivity index (χ0v) is 14.6. The fourth-order valence-corrected chi connectivity index (χ4v) is 4.90. The number of nitrogens with two attached hydrogens (primary N) is 1. The average Bonchev–Trinajstić information content (AvgIpc) is 2.53. The van der Waals surface area contributed by atoms with Crippen LogP contribution >= 0.6 is 0 Å². The van der Waals surface area contributed by atoms with E-state index in [-0.39, 0.29) is 6.54 Å². The molecule has 1 aromatic carbocycles. The summed E-state index contributed by atoms with van der Waals surface area (Å²) < 4.78 is 28.8. The Bertz CT molecular complexity index is 654. The molecular formula is C16H25N3O3S. The average molecular weight is 339 g/mol. The van der Waals surface area contributed by atoms with Gasteiger partial charge in [-0.2, -0.15) is 17.0 Å². The van der Waals surface area contributed by atoms with Gasteiger partial charge < -0.3 is 5.73 Å². The third kappa shape index (κ3) is 3.73. The molecule has 0 saturated carbocycles. The maximum atomic E-state index is 13.0. The molecule has 7 heteroatoms. The minimum Gasteiger partial charge on any atom is -0.368 e. The number of fused-ring (bicyclic) bond motifs is 1. The second kappa shape index (κ2) is 7.42. The van der Waals surface area contributed by atoms with E-state index in [4.69, 9.17) is 5.73 Å². The molecule has 0 aliphatic carbocycles. The van der Waals surface area contributed by atoms with Gasteiger partial charge in [-0.15, -0.1) is 0 Å². The van der Waals surface area contributed by atoms with Crippen molar-refractivity contribution in [2.24, 2.45) is 5.73 Å². The van der Waals surface area contributed by atoms with E-state index in [0.717, 1.165) is 24.0 Å². The number of carbonyl (C=O) groups excluding carboxylic acids is 1. The smallest absolute Gasteiger partial charge is 0.283 e. The third-order valence-corrected chi connectivity index (χ3v) is 6.10. The Morgan fingerprint density at radius 3 is 2.30 bits per heavy atom. The van der Waals surface area contributed by atoms with E-state index in [1.807, 2.05) is 38.1 Å². The van der Waals surface area contributed by atoms with Gasteiger partial charge in [-0.3, -0.25) is 4.79 Å². The van der Waals surface area contributed by atoms with Gasteiger partial charge in [-0.05, 0) is 30.4 Å². The molecule has 0 fully saturated rings. The normalized spacial score (nSPS) is 18.8. The van der Waals surface area contributed by atoms with Crippen LogP contribution in [0.15, 0.2) is 24.3 Å². The van der Waals surface area contributed by atoms with Crippen molar-refractivity contribution in [3.63, 3.8) is 0 Å². The molecule has 23 heavy (non-hydrogen) atoms. The van der Waals surface area contributed by atoms with E-state index in [0.29, 0.717) is 19.5 Å². The molecule has 1 atom stereocenters. The maximum Gasteiger partial charge on any atom is 0.283 e. The molecule has 1 aliphatic rings. The van der Waals surface area contributed by atoms with Crippen molar-refractivity contribution < 1.29 is 13.2 Å². The van der Waals surface area contributed by atoms with Gasteiger partial charge in [-0.1, -0.05) is 38.1 Å². The van der Waals surface area contributed by atoms with Crippen molar-refractivity contribution in [1.29, 1.82) is 0 Å². The second-order valence-corrected chi connectivity index (χ2v) is 7.72. The van der Waals surface area contributed by atoms with E-state index in [1.54, 1.807) is 0 Å². The van der Waals surface area contributed by atoms with Crippen molar-refractivity contribution in [3.8, 4) is 0 Å². The first kappa shape index (κ1) is 17.9. The molecular weight excluding hydrogens is 314 g/mol. The Balaban J connectivity index is 2.39. The summed E-state index contributed by atoms with van der Waals surface area (Å²) in [5, 5.41) is 0. The van der Waals surface area contributed by atoms with Crippen LogP contribution in [0.5, 0.6) is 0 Å². The number of primary amides is 1. The molecule has 6 nitrogen and oxygen atoms in total. The molecule has 1 aliphatic heterocycles. The predicted molar refractivity (Wildman–Crippen MR) is 89.7 cm³/mol. The first-order valence-electron chi connectivity index (χ1n) is 8.04. The Morgan fingerprint density at radius 1 is 1.22 bits per heavy atom. The number of hydrogen-bond acceptors (Lipinski definition) is 3.